The summed E-state index contributed by atoms with van der Waals surface area (Å²) < 4.78 is 13.3. The van der Waals surface area contributed by atoms with E-state index < -0.39 is 5.95 Å². The van der Waals surface area contributed by atoms with Crippen LogP contribution in [0.3, 0.4) is 0 Å². The Bertz CT molecular complexity index is 1730. The van der Waals surface area contributed by atoms with Crippen LogP contribution in [0.15, 0.2) is 79.1 Å². The van der Waals surface area contributed by atoms with Crippen molar-refractivity contribution < 1.29 is 9.18 Å². The molecule has 10 heteroatoms. The quantitative estimate of drug-likeness (QED) is 0.271. The van der Waals surface area contributed by atoms with Gasteiger partial charge in [0, 0.05) is 53.2 Å². The number of aryl methyl sites for hydroxylation is 2. The van der Waals surface area contributed by atoms with Gasteiger partial charge in [0.15, 0.2) is 5.82 Å². The predicted molar refractivity (Wildman–Crippen MR) is 148 cm³/mol. The van der Waals surface area contributed by atoms with Crippen molar-refractivity contribution in [3.05, 3.63) is 113 Å². The van der Waals surface area contributed by atoms with Gasteiger partial charge in [-0.1, -0.05) is 12.1 Å². The van der Waals surface area contributed by atoms with Gasteiger partial charge in [-0.15, -0.1) is 0 Å². The topological polar surface area (TPSA) is 129 Å². The molecule has 0 fully saturated rings. The van der Waals surface area contributed by atoms with Crippen LogP contribution in [-0.2, 0) is 6.54 Å². The fraction of sp³-hybridized carbons (Fsp3) is 0.100. The number of nitriles is 1. The van der Waals surface area contributed by atoms with Crippen molar-refractivity contribution in [3.63, 3.8) is 0 Å². The zero-order valence-corrected chi connectivity index (χ0v) is 21.7. The van der Waals surface area contributed by atoms with Gasteiger partial charge in [-0.25, -0.2) is 15.0 Å². The van der Waals surface area contributed by atoms with E-state index >= 15 is 0 Å². The third-order valence-electron chi connectivity index (χ3n) is 5.98. The highest BCUT2D eigenvalue weighted by atomic mass is 19.1. The van der Waals surface area contributed by atoms with E-state index in [1.807, 2.05) is 25.1 Å². The number of anilines is 2. The minimum absolute atomic E-state index is 0.251. The summed E-state index contributed by atoms with van der Waals surface area (Å²) in [5, 5.41) is 15.2. The zero-order valence-electron chi connectivity index (χ0n) is 21.7. The van der Waals surface area contributed by atoms with Crippen LogP contribution in [0.25, 0.3) is 22.6 Å². The molecule has 1 aromatic carbocycles. The molecule has 40 heavy (non-hydrogen) atoms. The lowest BCUT2D eigenvalue weighted by Gasteiger charge is -2.10. The molecule has 0 spiro atoms. The lowest BCUT2D eigenvalue weighted by atomic mass is 10.1. The SMILES string of the molecule is Cc1cc(Nc2cccc(C#N)c2)nc(-c2ccc(C(=O)NCc3ccc(-c4ccc(F)nc4C)nc3)nc2)n1. The van der Waals surface area contributed by atoms with E-state index in [0.717, 1.165) is 22.5 Å². The first-order valence-corrected chi connectivity index (χ1v) is 12.3. The number of rotatable bonds is 7. The second-order valence-corrected chi connectivity index (χ2v) is 8.97. The summed E-state index contributed by atoms with van der Waals surface area (Å²) in [4.78, 5) is 34.3. The fourth-order valence-electron chi connectivity index (χ4n) is 4.00. The van der Waals surface area contributed by atoms with Crippen molar-refractivity contribution in [3.8, 4) is 28.7 Å². The van der Waals surface area contributed by atoms with Gasteiger partial charge in [0.25, 0.3) is 5.91 Å². The lowest BCUT2D eigenvalue weighted by molar-refractivity contribution is 0.0946. The van der Waals surface area contributed by atoms with Crippen LogP contribution in [0, 0.1) is 31.1 Å². The second kappa shape index (κ2) is 11.4. The largest absolute Gasteiger partial charge is 0.347 e. The molecular weight excluding hydrogens is 507 g/mol. The summed E-state index contributed by atoms with van der Waals surface area (Å²) in [5.41, 5.74) is 5.70. The number of pyridine rings is 3. The van der Waals surface area contributed by atoms with Gasteiger partial charge in [-0.2, -0.15) is 9.65 Å². The Kier molecular flexibility index (Phi) is 7.46. The molecule has 9 nitrogen and oxygen atoms in total. The number of nitrogens with one attached hydrogen (secondary N) is 2. The Labute approximate surface area is 229 Å². The summed E-state index contributed by atoms with van der Waals surface area (Å²) in [7, 11) is 0. The molecule has 5 rings (SSSR count). The van der Waals surface area contributed by atoms with E-state index in [-0.39, 0.29) is 18.1 Å². The number of amides is 1. The average Bonchev–Trinajstić information content (AvgIpc) is 2.96. The monoisotopic (exact) mass is 530 g/mol. The molecule has 0 radical (unpaired) electrons. The molecule has 0 unspecified atom stereocenters. The highest BCUT2D eigenvalue weighted by molar-refractivity contribution is 5.92. The van der Waals surface area contributed by atoms with Crippen molar-refractivity contribution in [2.24, 2.45) is 0 Å². The zero-order chi connectivity index (χ0) is 28.1. The molecule has 5 aromatic rings. The normalized spacial score (nSPS) is 10.6. The van der Waals surface area contributed by atoms with E-state index in [9.17, 15) is 9.18 Å². The number of hydrogen-bond acceptors (Lipinski definition) is 8. The van der Waals surface area contributed by atoms with Crippen LogP contribution >= 0.6 is 0 Å². The number of nitrogens with zero attached hydrogens (tertiary/aromatic N) is 6. The van der Waals surface area contributed by atoms with Crippen molar-refractivity contribution in [1.29, 1.82) is 5.26 Å². The van der Waals surface area contributed by atoms with E-state index in [4.69, 9.17) is 5.26 Å². The lowest BCUT2D eigenvalue weighted by Crippen LogP contribution is -2.23. The van der Waals surface area contributed by atoms with Crippen molar-refractivity contribution in [1.82, 2.24) is 30.2 Å². The van der Waals surface area contributed by atoms with Crippen LogP contribution in [0.5, 0.6) is 0 Å². The molecule has 4 heterocycles. The first-order chi connectivity index (χ1) is 19.4. The molecule has 0 aliphatic carbocycles. The summed E-state index contributed by atoms with van der Waals surface area (Å²) in [6, 6.07) is 21.0. The minimum atomic E-state index is -0.533. The first-order valence-electron chi connectivity index (χ1n) is 12.3. The maximum Gasteiger partial charge on any atom is 0.270 e. The Morgan fingerprint density at radius 2 is 1.82 bits per heavy atom. The van der Waals surface area contributed by atoms with Gasteiger partial charge < -0.3 is 10.6 Å². The second-order valence-electron chi connectivity index (χ2n) is 8.97. The van der Waals surface area contributed by atoms with Crippen molar-refractivity contribution in [2.45, 2.75) is 20.4 Å². The third-order valence-corrected chi connectivity index (χ3v) is 5.98. The standard InChI is InChI=1S/C30H23FN8O/c1-18-12-28(38-23-5-3-4-20(13-23)14-32)39-29(36-18)22-7-10-26(34-17-22)30(40)35-16-21-6-9-25(33-15-21)24-8-11-27(31)37-19(24)2/h3-13,15,17H,16H2,1-2H3,(H,35,40)(H,36,38,39). The van der Waals surface area contributed by atoms with Gasteiger partial charge in [-0.05, 0) is 67.9 Å². The Hall–Kier alpha value is -5.56. The van der Waals surface area contributed by atoms with Crippen LogP contribution in [0.2, 0.25) is 0 Å². The molecular formula is C30H23FN8O. The molecule has 0 aliphatic heterocycles. The van der Waals surface area contributed by atoms with Crippen LogP contribution in [0.1, 0.15) is 33.0 Å². The maximum atomic E-state index is 13.3. The first kappa shape index (κ1) is 26.1. The number of carbonyl (C=O) groups excluding carboxylic acids is 1. The Morgan fingerprint density at radius 3 is 2.55 bits per heavy atom. The van der Waals surface area contributed by atoms with Gasteiger partial charge in [0.1, 0.15) is 11.5 Å². The highest BCUT2D eigenvalue weighted by Crippen LogP contribution is 2.22. The molecule has 0 atom stereocenters. The molecule has 196 valence electrons. The Balaban J connectivity index is 1.23. The number of halogens is 1. The van der Waals surface area contributed by atoms with Crippen molar-refractivity contribution >= 4 is 17.4 Å². The van der Waals surface area contributed by atoms with Crippen LogP contribution in [0.4, 0.5) is 15.9 Å². The van der Waals surface area contributed by atoms with Crippen molar-refractivity contribution in [2.75, 3.05) is 5.32 Å². The number of aromatic nitrogens is 5. The summed E-state index contributed by atoms with van der Waals surface area (Å²) in [5.74, 6) is 0.162. The molecule has 0 aliphatic rings. The van der Waals surface area contributed by atoms with Gasteiger partial charge >= 0.3 is 0 Å². The molecule has 0 bridgehead atoms. The highest BCUT2D eigenvalue weighted by Gasteiger charge is 2.11. The molecule has 0 saturated carbocycles. The van der Waals surface area contributed by atoms with Crippen LogP contribution < -0.4 is 10.6 Å². The number of hydrogen-bond donors (Lipinski definition) is 2. The fourth-order valence-corrected chi connectivity index (χ4v) is 4.00. The maximum absolute atomic E-state index is 13.3. The summed E-state index contributed by atoms with van der Waals surface area (Å²) in [6.07, 6.45) is 3.21. The van der Waals surface area contributed by atoms with Crippen LogP contribution in [-0.4, -0.2) is 30.8 Å². The number of benzene rings is 1. The smallest absolute Gasteiger partial charge is 0.270 e. The third kappa shape index (κ3) is 6.11. The summed E-state index contributed by atoms with van der Waals surface area (Å²) >= 11 is 0. The van der Waals surface area contributed by atoms with Gasteiger partial charge in [-0.3, -0.25) is 14.8 Å². The molecule has 4 aromatic heterocycles. The Morgan fingerprint density at radius 1 is 0.950 bits per heavy atom. The summed E-state index contributed by atoms with van der Waals surface area (Å²) in [6.45, 7) is 3.85. The predicted octanol–water partition coefficient (Wildman–Crippen LogP) is 5.30. The molecule has 1 amide bonds. The van der Waals surface area contributed by atoms with E-state index in [1.54, 1.807) is 61.8 Å². The molecule has 2 N–H and O–H groups in total. The molecule has 0 saturated heterocycles. The van der Waals surface area contributed by atoms with E-state index in [2.05, 4.69) is 41.6 Å². The van der Waals surface area contributed by atoms with Gasteiger partial charge in [0.05, 0.1) is 17.3 Å². The number of carbonyl (C=O) groups is 1. The minimum Gasteiger partial charge on any atom is -0.347 e. The average molecular weight is 531 g/mol. The van der Waals surface area contributed by atoms with E-state index in [1.165, 1.54) is 6.07 Å². The van der Waals surface area contributed by atoms with Gasteiger partial charge in [0.2, 0.25) is 5.95 Å². The van der Waals surface area contributed by atoms with E-state index in [0.29, 0.717) is 34.2 Å².